The summed E-state index contributed by atoms with van der Waals surface area (Å²) in [5.74, 6) is 0. The van der Waals surface area contributed by atoms with Crippen LogP contribution in [0.25, 0.3) is 0 Å². The van der Waals surface area contributed by atoms with Gasteiger partial charge in [-0.05, 0) is 32.0 Å². The lowest BCUT2D eigenvalue weighted by Crippen LogP contribution is -2.50. The summed E-state index contributed by atoms with van der Waals surface area (Å²) in [6, 6.07) is 0.691. The van der Waals surface area contributed by atoms with E-state index in [1.807, 2.05) is 0 Å². The predicted molar refractivity (Wildman–Crippen MR) is 80.0 cm³/mol. The zero-order valence-corrected chi connectivity index (χ0v) is 13.2. The van der Waals surface area contributed by atoms with Crippen LogP contribution in [-0.4, -0.2) is 56.1 Å². The lowest BCUT2D eigenvalue weighted by Gasteiger charge is -2.34. The van der Waals surface area contributed by atoms with Crippen molar-refractivity contribution >= 4 is 17.3 Å². The van der Waals surface area contributed by atoms with Crippen molar-refractivity contribution in [3.63, 3.8) is 0 Å². The van der Waals surface area contributed by atoms with Gasteiger partial charge in [-0.15, -0.1) is 0 Å². The second kappa shape index (κ2) is 10.5. The number of thiocarbonyl (C=S) groups is 1. The van der Waals surface area contributed by atoms with Gasteiger partial charge >= 0.3 is 0 Å². The fourth-order valence-electron chi connectivity index (χ4n) is 1.95. The fourth-order valence-corrected chi connectivity index (χ4v) is 2.40. The Hall–Kier alpha value is -0.390. The molecule has 0 saturated carbocycles. The van der Waals surface area contributed by atoms with Crippen molar-refractivity contribution in [2.75, 3.05) is 34.0 Å². The van der Waals surface area contributed by atoms with E-state index in [1.54, 1.807) is 14.2 Å². The van der Waals surface area contributed by atoms with E-state index in [4.69, 9.17) is 21.7 Å². The Balaban J connectivity index is 4.47. The van der Waals surface area contributed by atoms with Gasteiger partial charge in [0, 0.05) is 32.8 Å². The van der Waals surface area contributed by atoms with E-state index >= 15 is 0 Å². The van der Waals surface area contributed by atoms with Crippen molar-refractivity contribution in [2.45, 2.75) is 45.7 Å². The normalized spacial score (nSPS) is 12.6. The molecular weight excluding hydrogens is 248 g/mol. The average molecular weight is 276 g/mol. The third kappa shape index (κ3) is 6.52. The lowest BCUT2D eigenvalue weighted by molar-refractivity contribution is 0.153. The third-order valence-corrected chi connectivity index (χ3v) is 3.32. The number of hydrogen-bond donors (Lipinski definition) is 1. The second-order valence-corrected chi connectivity index (χ2v) is 4.85. The molecule has 0 heterocycles. The summed E-state index contributed by atoms with van der Waals surface area (Å²) in [5, 5.41) is 4.11. The Bertz CT molecular complexity index is 223. The zero-order chi connectivity index (χ0) is 14.0. The second-order valence-electron chi connectivity index (χ2n) is 4.46. The van der Waals surface area contributed by atoms with E-state index in [-0.39, 0.29) is 6.04 Å². The summed E-state index contributed by atoms with van der Waals surface area (Å²) < 4.78 is 10.3. The Morgan fingerprint density at radius 2 is 1.83 bits per heavy atom. The first-order valence-corrected chi connectivity index (χ1v) is 7.06. The summed E-state index contributed by atoms with van der Waals surface area (Å²) in [6.45, 7) is 8.62. The highest BCUT2D eigenvalue weighted by molar-refractivity contribution is 7.80. The number of nitrogens with one attached hydrogen (secondary N) is 1. The molecule has 0 fully saturated rings. The highest BCUT2D eigenvalue weighted by atomic mass is 32.1. The predicted octanol–water partition coefficient (Wildman–Crippen LogP) is 2.03. The van der Waals surface area contributed by atoms with E-state index in [0.717, 1.165) is 24.5 Å². The molecule has 0 radical (unpaired) electrons. The minimum Gasteiger partial charge on any atom is -0.383 e. The van der Waals surface area contributed by atoms with Crippen LogP contribution >= 0.6 is 12.2 Å². The summed E-state index contributed by atoms with van der Waals surface area (Å²) in [7, 11) is 3.42. The maximum Gasteiger partial charge on any atom is 0.169 e. The summed E-state index contributed by atoms with van der Waals surface area (Å²) in [4.78, 5) is 2.23. The van der Waals surface area contributed by atoms with E-state index in [9.17, 15) is 0 Å². The molecule has 0 spiro atoms. The van der Waals surface area contributed by atoms with Crippen LogP contribution in [0.2, 0.25) is 0 Å². The Morgan fingerprint density at radius 3 is 2.28 bits per heavy atom. The van der Waals surface area contributed by atoms with Crippen molar-refractivity contribution < 1.29 is 9.47 Å². The van der Waals surface area contributed by atoms with Gasteiger partial charge in [-0.1, -0.05) is 13.8 Å². The van der Waals surface area contributed by atoms with Gasteiger partial charge in [0.15, 0.2) is 5.11 Å². The van der Waals surface area contributed by atoms with Crippen LogP contribution in [0.3, 0.4) is 0 Å². The van der Waals surface area contributed by atoms with E-state index in [2.05, 4.69) is 31.0 Å². The van der Waals surface area contributed by atoms with Crippen molar-refractivity contribution in [2.24, 2.45) is 0 Å². The van der Waals surface area contributed by atoms with E-state index in [1.165, 1.54) is 0 Å². The van der Waals surface area contributed by atoms with Crippen LogP contribution in [0.1, 0.15) is 33.6 Å². The SMILES string of the molecule is CCC(CC)N(CCOC)C(=S)NC(C)COC. The molecule has 0 aromatic heterocycles. The van der Waals surface area contributed by atoms with Crippen molar-refractivity contribution in [3.8, 4) is 0 Å². The van der Waals surface area contributed by atoms with Gasteiger partial charge in [0.1, 0.15) is 0 Å². The standard InChI is InChI=1S/C13H28N2O2S/c1-6-12(7-2)15(8-9-16-4)13(18)14-11(3)10-17-5/h11-12H,6-10H2,1-5H3,(H,14,18). The Labute approximate surface area is 117 Å². The topological polar surface area (TPSA) is 33.7 Å². The molecule has 5 heteroatoms. The number of rotatable bonds is 9. The molecule has 0 rings (SSSR count). The molecule has 0 aliphatic rings. The molecule has 0 aromatic carbocycles. The molecule has 0 bridgehead atoms. The van der Waals surface area contributed by atoms with Crippen LogP contribution in [0.15, 0.2) is 0 Å². The van der Waals surface area contributed by atoms with Crippen LogP contribution in [0.4, 0.5) is 0 Å². The van der Waals surface area contributed by atoms with Gasteiger partial charge in [-0.2, -0.15) is 0 Å². The molecule has 0 aliphatic carbocycles. The average Bonchev–Trinajstić information content (AvgIpc) is 2.34. The quantitative estimate of drug-likeness (QED) is 0.652. The minimum atomic E-state index is 0.224. The van der Waals surface area contributed by atoms with Crippen molar-refractivity contribution in [3.05, 3.63) is 0 Å². The summed E-state index contributed by atoms with van der Waals surface area (Å²) in [6.07, 6.45) is 2.17. The number of nitrogens with zero attached hydrogens (tertiary/aromatic N) is 1. The molecule has 0 aromatic rings. The smallest absolute Gasteiger partial charge is 0.169 e. The van der Waals surface area contributed by atoms with Gasteiger partial charge in [-0.3, -0.25) is 0 Å². The van der Waals surface area contributed by atoms with Crippen molar-refractivity contribution in [1.82, 2.24) is 10.2 Å². The maximum atomic E-state index is 5.49. The van der Waals surface area contributed by atoms with Gasteiger partial charge in [-0.25, -0.2) is 0 Å². The van der Waals surface area contributed by atoms with Crippen LogP contribution in [0, 0.1) is 0 Å². The third-order valence-electron chi connectivity index (χ3n) is 2.97. The van der Waals surface area contributed by atoms with Gasteiger partial charge < -0.3 is 19.7 Å². The molecule has 0 saturated heterocycles. The molecule has 1 unspecified atom stereocenters. The van der Waals surface area contributed by atoms with E-state index in [0.29, 0.717) is 19.3 Å². The Kier molecular flexibility index (Phi) is 10.3. The first kappa shape index (κ1) is 17.6. The van der Waals surface area contributed by atoms with Crippen LogP contribution in [0.5, 0.6) is 0 Å². The first-order chi connectivity index (χ1) is 8.60. The lowest BCUT2D eigenvalue weighted by atomic mass is 10.1. The number of methoxy groups -OCH3 is 2. The molecule has 0 amide bonds. The molecule has 1 N–H and O–H groups in total. The van der Waals surface area contributed by atoms with Crippen LogP contribution < -0.4 is 5.32 Å². The summed E-state index contributed by atoms with van der Waals surface area (Å²) in [5.41, 5.74) is 0. The monoisotopic (exact) mass is 276 g/mol. The molecule has 108 valence electrons. The molecule has 1 atom stereocenters. The number of hydrogen-bond acceptors (Lipinski definition) is 3. The highest BCUT2D eigenvalue weighted by Gasteiger charge is 2.18. The minimum absolute atomic E-state index is 0.224. The maximum absolute atomic E-state index is 5.49. The molecular formula is C13H28N2O2S. The van der Waals surface area contributed by atoms with E-state index < -0.39 is 0 Å². The highest BCUT2D eigenvalue weighted by Crippen LogP contribution is 2.09. The van der Waals surface area contributed by atoms with Crippen LogP contribution in [-0.2, 0) is 9.47 Å². The summed E-state index contributed by atoms with van der Waals surface area (Å²) >= 11 is 5.49. The van der Waals surface area contributed by atoms with Gasteiger partial charge in [0.2, 0.25) is 0 Å². The van der Waals surface area contributed by atoms with Crippen molar-refractivity contribution in [1.29, 1.82) is 0 Å². The molecule has 4 nitrogen and oxygen atoms in total. The number of ether oxygens (including phenoxy) is 2. The molecule has 18 heavy (non-hydrogen) atoms. The first-order valence-electron chi connectivity index (χ1n) is 6.65. The zero-order valence-electron chi connectivity index (χ0n) is 12.4. The van der Waals surface area contributed by atoms with Gasteiger partial charge in [0.05, 0.1) is 13.2 Å². The Morgan fingerprint density at radius 1 is 1.22 bits per heavy atom. The molecule has 0 aliphatic heterocycles. The van der Waals surface area contributed by atoms with Gasteiger partial charge in [0.25, 0.3) is 0 Å². The fraction of sp³-hybridized carbons (Fsp3) is 0.923. The largest absolute Gasteiger partial charge is 0.383 e.